The Labute approximate surface area is 196 Å². The maximum absolute atomic E-state index is 10.9. The lowest BCUT2D eigenvalue weighted by Gasteiger charge is -2.26. The number of rotatable bonds is 7. The summed E-state index contributed by atoms with van der Waals surface area (Å²) in [6.45, 7) is 12.7. The zero-order chi connectivity index (χ0) is 22.7. The Morgan fingerprint density at radius 3 is 2.06 bits per heavy atom. The molecule has 0 aliphatic rings. The van der Waals surface area contributed by atoms with Gasteiger partial charge in [-0.1, -0.05) is 69.6 Å². The van der Waals surface area contributed by atoms with Crippen molar-refractivity contribution in [2.75, 3.05) is 0 Å². The van der Waals surface area contributed by atoms with Crippen molar-refractivity contribution < 1.29 is 5.11 Å². The van der Waals surface area contributed by atoms with E-state index in [-0.39, 0.29) is 11.8 Å². The van der Waals surface area contributed by atoms with Gasteiger partial charge < -0.3 is 5.11 Å². The number of benzene rings is 2. The highest BCUT2D eigenvalue weighted by Gasteiger charge is 2.26. The summed E-state index contributed by atoms with van der Waals surface area (Å²) in [6, 6.07) is 16.4. The Bertz CT molecular complexity index is 1040. The van der Waals surface area contributed by atoms with E-state index in [1.807, 2.05) is 30.8 Å². The van der Waals surface area contributed by atoms with E-state index in [0.29, 0.717) is 5.02 Å². The normalized spacial score (nSPS) is 12.6. The van der Waals surface area contributed by atoms with E-state index in [1.165, 1.54) is 16.0 Å². The molecule has 0 saturated heterocycles. The van der Waals surface area contributed by atoms with Crippen molar-refractivity contribution >= 4 is 23.4 Å². The third-order valence-electron chi connectivity index (χ3n) is 5.51. The van der Waals surface area contributed by atoms with Crippen LogP contribution in [0.3, 0.4) is 0 Å². The summed E-state index contributed by atoms with van der Waals surface area (Å²) in [5.41, 5.74) is 7.68. The number of thioether (sulfide) groups is 1. The average Bonchev–Trinajstić information content (AvgIpc) is 2.72. The molecule has 4 heteroatoms. The first-order valence-electron chi connectivity index (χ1n) is 10.9. The third-order valence-corrected chi connectivity index (χ3v) is 6.96. The smallest absolute Gasteiger partial charge is 0.0785 e. The molecule has 1 unspecified atom stereocenters. The lowest BCUT2D eigenvalue weighted by atomic mass is 9.86. The topological polar surface area (TPSA) is 33.1 Å². The number of pyridine rings is 1. The molecule has 0 saturated carbocycles. The van der Waals surface area contributed by atoms with Crippen LogP contribution in [0.15, 0.2) is 53.4 Å². The number of halogens is 1. The van der Waals surface area contributed by atoms with Crippen LogP contribution in [0.4, 0.5) is 0 Å². The molecule has 3 aromatic rings. The molecule has 0 radical (unpaired) electrons. The summed E-state index contributed by atoms with van der Waals surface area (Å²) in [5.74, 6) is 1.28. The summed E-state index contributed by atoms with van der Waals surface area (Å²) in [6.07, 6.45) is -0.612. The Kier molecular flexibility index (Phi) is 7.85. The van der Waals surface area contributed by atoms with Crippen LogP contribution in [0.5, 0.6) is 0 Å². The fourth-order valence-corrected chi connectivity index (χ4v) is 5.17. The first-order valence-corrected chi connectivity index (χ1v) is 12.3. The summed E-state index contributed by atoms with van der Waals surface area (Å²) in [4.78, 5) is 6.40. The molecular weight excluding hydrogens is 422 g/mol. The molecule has 0 spiro atoms. The van der Waals surface area contributed by atoms with E-state index in [2.05, 4.69) is 71.0 Å². The van der Waals surface area contributed by atoms with E-state index in [0.717, 1.165) is 33.8 Å². The molecule has 0 bridgehead atoms. The Morgan fingerprint density at radius 1 is 0.903 bits per heavy atom. The van der Waals surface area contributed by atoms with Gasteiger partial charge in [0, 0.05) is 32.6 Å². The number of aromatic nitrogens is 1. The molecule has 1 aromatic heterocycles. The average molecular weight is 454 g/mol. The van der Waals surface area contributed by atoms with Gasteiger partial charge in [-0.15, -0.1) is 11.8 Å². The van der Waals surface area contributed by atoms with Crippen molar-refractivity contribution in [3.05, 3.63) is 81.6 Å². The zero-order valence-electron chi connectivity index (χ0n) is 19.2. The fraction of sp³-hybridized carbons (Fsp3) is 0.370. The molecule has 0 aliphatic carbocycles. The number of nitrogens with zero attached hydrogens (tertiary/aromatic N) is 1. The minimum Gasteiger partial charge on any atom is -0.389 e. The highest BCUT2D eigenvalue weighted by molar-refractivity contribution is 7.98. The van der Waals surface area contributed by atoms with Crippen LogP contribution in [-0.4, -0.2) is 10.1 Å². The van der Waals surface area contributed by atoms with E-state index in [1.54, 1.807) is 0 Å². The summed E-state index contributed by atoms with van der Waals surface area (Å²) in [5, 5.41) is 11.6. The molecule has 0 amide bonds. The van der Waals surface area contributed by atoms with Crippen LogP contribution in [0, 0.1) is 6.92 Å². The molecule has 31 heavy (non-hydrogen) atoms. The molecule has 1 atom stereocenters. The van der Waals surface area contributed by atoms with Gasteiger partial charge in [0.15, 0.2) is 0 Å². The molecule has 2 nitrogen and oxygen atoms in total. The van der Waals surface area contributed by atoms with Crippen LogP contribution in [0.1, 0.15) is 80.6 Å². The van der Waals surface area contributed by atoms with Gasteiger partial charge in [-0.2, -0.15) is 0 Å². The third kappa shape index (κ3) is 5.34. The molecule has 0 fully saturated rings. The van der Waals surface area contributed by atoms with E-state index in [4.69, 9.17) is 16.6 Å². The summed E-state index contributed by atoms with van der Waals surface area (Å²) in [7, 11) is 0. The van der Waals surface area contributed by atoms with Crippen LogP contribution >= 0.6 is 23.4 Å². The monoisotopic (exact) mass is 453 g/mol. The second kappa shape index (κ2) is 10.2. The van der Waals surface area contributed by atoms with Gasteiger partial charge in [-0.05, 0) is 66.1 Å². The van der Waals surface area contributed by atoms with E-state index < -0.39 is 6.10 Å². The van der Waals surface area contributed by atoms with Gasteiger partial charge in [0.05, 0.1) is 6.10 Å². The van der Waals surface area contributed by atoms with Gasteiger partial charge in [-0.25, -0.2) is 0 Å². The lowest BCUT2D eigenvalue weighted by molar-refractivity contribution is 0.197. The quantitative estimate of drug-likeness (QED) is 0.365. The van der Waals surface area contributed by atoms with Crippen molar-refractivity contribution in [2.45, 2.75) is 70.1 Å². The Balaban J connectivity index is 2.28. The van der Waals surface area contributed by atoms with Crippen molar-refractivity contribution in [1.82, 2.24) is 4.98 Å². The number of hydrogen-bond acceptors (Lipinski definition) is 3. The molecule has 3 rings (SSSR count). The van der Waals surface area contributed by atoms with Gasteiger partial charge in [-0.3, -0.25) is 4.98 Å². The van der Waals surface area contributed by atoms with Crippen molar-refractivity contribution in [3.8, 4) is 11.1 Å². The second-order valence-electron chi connectivity index (χ2n) is 8.70. The van der Waals surface area contributed by atoms with Crippen LogP contribution < -0.4 is 0 Å². The maximum Gasteiger partial charge on any atom is 0.0785 e. The molecule has 0 aliphatic heterocycles. The predicted molar refractivity (Wildman–Crippen MR) is 134 cm³/mol. The minimum atomic E-state index is -0.612. The molecule has 2 aromatic carbocycles. The van der Waals surface area contributed by atoms with E-state index >= 15 is 0 Å². The fourth-order valence-electron chi connectivity index (χ4n) is 3.98. The minimum absolute atomic E-state index is 0.214. The SMILES string of the molecule is Cc1ccccc1SCc1c(C(C)C)nc(C(C)C)c(C(C)O)c1-c1ccc(Cl)cc1. The van der Waals surface area contributed by atoms with Crippen molar-refractivity contribution in [1.29, 1.82) is 0 Å². The Morgan fingerprint density at radius 2 is 1.52 bits per heavy atom. The first-order chi connectivity index (χ1) is 14.7. The number of aryl methyl sites for hydroxylation is 1. The molecule has 1 heterocycles. The maximum atomic E-state index is 10.9. The predicted octanol–water partition coefficient (Wildman–Crippen LogP) is 8.30. The Hall–Kier alpha value is -1.81. The molecule has 164 valence electrons. The van der Waals surface area contributed by atoms with Crippen LogP contribution in [0.2, 0.25) is 5.02 Å². The van der Waals surface area contributed by atoms with Gasteiger partial charge >= 0.3 is 0 Å². The highest BCUT2D eigenvalue weighted by atomic mass is 35.5. The van der Waals surface area contributed by atoms with Gasteiger partial charge in [0.1, 0.15) is 0 Å². The molecule has 1 N–H and O–H groups in total. The number of aliphatic hydroxyl groups is 1. The highest BCUT2D eigenvalue weighted by Crippen LogP contribution is 2.42. The molecular formula is C27H32ClNOS. The standard InChI is InChI=1S/C27H32ClNOS/c1-16(2)26-22(15-31-23-10-8-7-9-18(23)5)25(20-11-13-21(28)14-12-20)24(19(6)30)27(29-26)17(3)4/h7-14,16-17,19,30H,15H2,1-6H3. The lowest BCUT2D eigenvalue weighted by Crippen LogP contribution is -2.13. The van der Waals surface area contributed by atoms with Gasteiger partial charge in [0.2, 0.25) is 0 Å². The second-order valence-corrected chi connectivity index (χ2v) is 10.1. The van der Waals surface area contributed by atoms with Crippen molar-refractivity contribution in [3.63, 3.8) is 0 Å². The summed E-state index contributed by atoms with van der Waals surface area (Å²) >= 11 is 8.03. The van der Waals surface area contributed by atoms with Crippen LogP contribution in [0.25, 0.3) is 11.1 Å². The van der Waals surface area contributed by atoms with Crippen LogP contribution in [-0.2, 0) is 5.75 Å². The zero-order valence-corrected chi connectivity index (χ0v) is 20.8. The first kappa shape index (κ1) is 23.8. The number of hydrogen-bond donors (Lipinski definition) is 1. The van der Waals surface area contributed by atoms with Gasteiger partial charge in [0.25, 0.3) is 0 Å². The van der Waals surface area contributed by atoms with Crippen molar-refractivity contribution in [2.24, 2.45) is 0 Å². The summed E-state index contributed by atoms with van der Waals surface area (Å²) < 4.78 is 0. The number of aliphatic hydroxyl groups excluding tert-OH is 1. The largest absolute Gasteiger partial charge is 0.389 e. The van der Waals surface area contributed by atoms with E-state index in [9.17, 15) is 5.11 Å².